The number of methoxy groups -OCH3 is 1. The Morgan fingerprint density at radius 3 is 1.57 bits per heavy atom. The number of hydrogen-bond acceptors (Lipinski definition) is 3. The number of rotatable bonds is 4. The summed E-state index contributed by atoms with van der Waals surface area (Å²) in [6.07, 6.45) is 4.29. The van der Waals surface area contributed by atoms with Crippen molar-refractivity contribution in [3.63, 3.8) is 0 Å². The first kappa shape index (κ1) is 21.6. The number of carbonyl (C=O) groups excluding carboxylic acids is 2. The number of ether oxygens (including phenoxy) is 1. The monoisotopic (exact) mass is 461 g/mol. The molecule has 2 aliphatic carbocycles. The lowest BCUT2D eigenvalue weighted by atomic mass is 9.85. The van der Waals surface area contributed by atoms with Gasteiger partial charge in [0.2, 0.25) is 11.8 Å². The maximum absolute atomic E-state index is 13.7. The zero-order chi connectivity index (χ0) is 24.3. The highest BCUT2D eigenvalue weighted by Crippen LogP contribution is 2.58. The van der Waals surface area contributed by atoms with Crippen LogP contribution in [0.2, 0.25) is 0 Å². The second-order valence-electron chi connectivity index (χ2n) is 9.76. The average Bonchev–Trinajstić information content (AvgIpc) is 3.51. The average molecular weight is 462 g/mol. The topological polar surface area (TPSA) is 46.6 Å². The van der Waals surface area contributed by atoms with Gasteiger partial charge in [0.15, 0.2) is 0 Å². The summed E-state index contributed by atoms with van der Waals surface area (Å²) in [6, 6.07) is 24.2. The van der Waals surface area contributed by atoms with Gasteiger partial charge in [-0.3, -0.25) is 9.59 Å². The zero-order valence-electron chi connectivity index (χ0n) is 20.1. The van der Waals surface area contributed by atoms with Crippen LogP contribution >= 0.6 is 0 Å². The van der Waals surface area contributed by atoms with Crippen LogP contribution in [0.4, 0.5) is 5.69 Å². The largest absolute Gasteiger partial charge is 0.497 e. The van der Waals surface area contributed by atoms with Crippen LogP contribution in [0.5, 0.6) is 5.75 Å². The SMILES string of the molecule is COc1ccc(N2C(=O)C3C4C=CC(C4=C(c4ccc(C)cc4)c4ccc(C)cc4)C3C2=O)cc1. The standard InChI is InChI=1S/C31H27NO3/c1-18-4-8-20(9-5-18)26(21-10-6-19(2)7-11-21)27-24-16-17-25(27)29-28(24)30(33)32(31(29)34)22-12-14-23(35-3)15-13-22/h4-17,24-25,28-29H,1-3H3. The molecule has 0 radical (unpaired) electrons. The Kier molecular flexibility index (Phi) is 4.99. The molecule has 0 aromatic heterocycles. The number of anilines is 1. The lowest BCUT2D eigenvalue weighted by Crippen LogP contribution is -2.33. The summed E-state index contributed by atoms with van der Waals surface area (Å²) in [5.74, 6) is -0.398. The lowest BCUT2D eigenvalue weighted by Gasteiger charge is -2.22. The summed E-state index contributed by atoms with van der Waals surface area (Å²) >= 11 is 0. The van der Waals surface area contributed by atoms with Crippen LogP contribution in [0.25, 0.3) is 5.57 Å². The Labute approximate surface area is 205 Å². The fraction of sp³-hybridized carbons (Fsp3) is 0.226. The Balaban J connectivity index is 1.46. The Morgan fingerprint density at radius 1 is 0.686 bits per heavy atom. The molecule has 174 valence electrons. The second-order valence-corrected chi connectivity index (χ2v) is 9.76. The number of aryl methyl sites for hydroxylation is 2. The number of carbonyl (C=O) groups is 2. The first-order valence-corrected chi connectivity index (χ1v) is 12.1. The van der Waals surface area contributed by atoms with E-state index in [-0.39, 0.29) is 35.5 Å². The Bertz CT molecular complexity index is 1300. The normalized spacial score (nSPS) is 24.3. The van der Waals surface area contributed by atoms with E-state index in [2.05, 4.69) is 74.5 Å². The Morgan fingerprint density at radius 2 is 1.14 bits per heavy atom. The van der Waals surface area contributed by atoms with Crippen LogP contribution in [-0.4, -0.2) is 18.9 Å². The quantitative estimate of drug-likeness (QED) is 0.368. The molecule has 4 nitrogen and oxygen atoms in total. The molecule has 2 amide bonds. The molecule has 4 unspecified atom stereocenters. The van der Waals surface area contributed by atoms with E-state index in [1.165, 1.54) is 21.6 Å². The minimum absolute atomic E-state index is 0.0812. The van der Waals surface area contributed by atoms with Crippen molar-refractivity contribution >= 4 is 23.1 Å². The van der Waals surface area contributed by atoms with Crippen LogP contribution in [0.1, 0.15) is 22.3 Å². The minimum Gasteiger partial charge on any atom is -0.497 e. The summed E-state index contributed by atoms with van der Waals surface area (Å²) in [6.45, 7) is 4.16. The van der Waals surface area contributed by atoms with Gasteiger partial charge in [-0.25, -0.2) is 4.90 Å². The molecule has 1 aliphatic heterocycles. The van der Waals surface area contributed by atoms with Crippen LogP contribution in [0.3, 0.4) is 0 Å². The van der Waals surface area contributed by atoms with Gasteiger partial charge in [0, 0.05) is 11.8 Å². The summed E-state index contributed by atoms with van der Waals surface area (Å²) in [7, 11) is 1.60. The molecule has 0 spiro atoms. The van der Waals surface area contributed by atoms with E-state index < -0.39 is 0 Å². The molecule has 3 aromatic rings. The molecule has 0 N–H and O–H groups in total. The van der Waals surface area contributed by atoms with Gasteiger partial charge in [0.1, 0.15) is 5.75 Å². The smallest absolute Gasteiger partial charge is 0.238 e. The molecule has 35 heavy (non-hydrogen) atoms. The van der Waals surface area contributed by atoms with Crippen LogP contribution in [0, 0.1) is 37.5 Å². The number of allylic oxidation sites excluding steroid dienone is 3. The molecule has 3 aliphatic rings. The van der Waals surface area contributed by atoms with E-state index >= 15 is 0 Å². The highest BCUT2D eigenvalue weighted by Gasteiger charge is 2.62. The molecule has 6 rings (SSSR count). The van der Waals surface area contributed by atoms with Crippen LogP contribution in [0.15, 0.2) is 90.5 Å². The zero-order valence-corrected chi connectivity index (χ0v) is 20.1. The van der Waals surface area contributed by atoms with Gasteiger partial charge in [0.25, 0.3) is 0 Å². The van der Waals surface area contributed by atoms with Crippen molar-refractivity contribution < 1.29 is 14.3 Å². The molecule has 4 atom stereocenters. The predicted octanol–water partition coefficient (Wildman–Crippen LogP) is 5.74. The third-order valence-electron chi connectivity index (χ3n) is 7.72. The van der Waals surface area contributed by atoms with E-state index in [0.29, 0.717) is 11.4 Å². The van der Waals surface area contributed by atoms with E-state index in [4.69, 9.17) is 4.74 Å². The molecule has 2 fully saturated rings. The lowest BCUT2D eigenvalue weighted by molar-refractivity contribution is -0.122. The van der Waals surface area contributed by atoms with Crippen molar-refractivity contribution in [1.82, 2.24) is 0 Å². The fourth-order valence-corrected chi connectivity index (χ4v) is 6.02. The van der Waals surface area contributed by atoms with Crippen LogP contribution < -0.4 is 9.64 Å². The van der Waals surface area contributed by atoms with Gasteiger partial charge in [-0.2, -0.15) is 0 Å². The maximum atomic E-state index is 13.7. The number of amides is 2. The fourth-order valence-electron chi connectivity index (χ4n) is 6.02. The van der Waals surface area contributed by atoms with Crippen molar-refractivity contribution in [3.05, 3.63) is 113 Å². The molecule has 1 heterocycles. The van der Waals surface area contributed by atoms with Crippen molar-refractivity contribution in [2.24, 2.45) is 23.7 Å². The van der Waals surface area contributed by atoms with Gasteiger partial charge in [0.05, 0.1) is 24.6 Å². The predicted molar refractivity (Wildman–Crippen MR) is 137 cm³/mol. The third kappa shape index (κ3) is 3.28. The molecule has 3 aromatic carbocycles. The van der Waals surface area contributed by atoms with E-state index in [1.807, 2.05) is 0 Å². The number of benzene rings is 3. The minimum atomic E-state index is -0.361. The molecule has 4 heteroatoms. The van der Waals surface area contributed by atoms with E-state index in [1.54, 1.807) is 31.4 Å². The maximum Gasteiger partial charge on any atom is 0.238 e. The van der Waals surface area contributed by atoms with Crippen molar-refractivity contribution in [3.8, 4) is 5.75 Å². The van der Waals surface area contributed by atoms with Gasteiger partial charge in [-0.15, -0.1) is 0 Å². The highest BCUT2D eigenvalue weighted by atomic mass is 16.5. The summed E-state index contributed by atoms with van der Waals surface area (Å²) in [5, 5.41) is 0. The second kappa shape index (κ2) is 8.09. The first-order chi connectivity index (χ1) is 17.0. The highest BCUT2D eigenvalue weighted by molar-refractivity contribution is 6.23. The van der Waals surface area contributed by atoms with Gasteiger partial charge < -0.3 is 4.74 Å². The molecule has 1 saturated carbocycles. The van der Waals surface area contributed by atoms with Crippen LogP contribution in [-0.2, 0) is 9.59 Å². The number of imide groups is 1. The molecular formula is C31H27NO3. The summed E-state index contributed by atoms with van der Waals surface area (Å²) < 4.78 is 5.24. The van der Waals surface area contributed by atoms with Crippen molar-refractivity contribution in [2.75, 3.05) is 12.0 Å². The van der Waals surface area contributed by atoms with E-state index in [9.17, 15) is 9.59 Å². The van der Waals surface area contributed by atoms with Crippen molar-refractivity contribution in [2.45, 2.75) is 13.8 Å². The number of fused-ring (bicyclic) bond motifs is 5. The van der Waals surface area contributed by atoms with E-state index in [0.717, 1.165) is 16.7 Å². The molecular weight excluding hydrogens is 434 g/mol. The molecule has 2 bridgehead atoms. The number of nitrogens with zero attached hydrogens (tertiary/aromatic N) is 1. The van der Waals surface area contributed by atoms with Crippen molar-refractivity contribution in [1.29, 1.82) is 0 Å². The molecule has 1 saturated heterocycles. The van der Waals surface area contributed by atoms with Gasteiger partial charge >= 0.3 is 0 Å². The third-order valence-corrected chi connectivity index (χ3v) is 7.72. The first-order valence-electron chi connectivity index (χ1n) is 12.1. The summed E-state index contributed by atoms with van der Waals surface area (Å²) in [4.78, 5) is 28.8. The van der Waals surface area contributed by atoms with Gasteiger partial charge in [-0.05, 0) is 60.4 Å². The number of hydrogen-bond donors (Lipinski definition) is 0. The van der Waals surface area contributed by atoms with Gasteiger partial charge in [-0.1, -0.05) is 71.8 Å². The summed E-state index contributed by atoms with van der Waals surface area (Å²) in [5.41, 5.74) is 7.61. The Hall–Kier alpha value is -3.92.